The van der Waals surface area contributed by atoms with E-state index in [1.807, 2.05) is 51.1 Å². The van der Waals surface area contributed by atoms with E-state index in [0.717, 1.165) is 11.3 Å². The highest BCUT2D eigenvalue weighted by molar-refractivity contribution is 5.85. The molecule has 0 bridgehead atoms. The number of ether oxygens (including phenoxy) is 1. The zero-order valence-corrected chi connectivity index (χ0v) is 16.1. The molecule has 2 aromatic rings. The average Bonchev–Trinajstić information content (AvgIpc) is 2.52. The fourth-order valence-electron chi connectivity index (χ4n) is 2.07. The van der Waals surface area contributed by atoms with E-state index in [0.29, 0.717) is 13.0 Å². The van der Waals surface area contributed by atoms with Gasteiger partial charge in [-0.1, -0.05) is 51.1 Å². The van der Waals surface area contributed by atoms with Crippen LogP contribution >= 0.6 is 12.4 Å². The summed E-state index contributed by atoms with van der Waals surface area (Å²) >= 11 is 0. The number of nitro groups is 1. The molecule has 0 radical (unpaired) electrons. The molecule has 0 saturated heterocycles. The van der Waals surface area contributed by atoms with E-state index in [-0.39, 0.29) is 23.5 Å². The van der Waals surface area contributed by atoms with Gasteiger partial charge in [0.15, 0.2) is 0 Å². The smallest absolute Gasteiger partial charge is 0.269 e. The van der Waals surface area contributed by atoms with Crippen molar-refractivity contribution in [2.75, 3.05) is 0 Å². The molecule has 7 heteroatoms. The lowest BCUT2D eigenvalue weighted by molar-refractivity contribution is -0.384. The van der Waals surface area contributed by atoms with Crippen molar-refractivity contribution in [1.29, 1.82) is 0 Å². The number of benzene rings is 2. The number of para-hydroxylation sites is 1. The molecule has 0 aromatic heterocycles. The van der Waals surface area contributed by atoms with E-state index in [2.05, 4.69) is 0 Å². The maximum atomic E-state index is 10.6. The maximum Gasteiger partial charge on any atom is 0.269 e. The Labute approximate surface area is 160 Å². The van der Waals surface area contributed by atoms with E-state index >= 15 is 0 Å². The van der Waals surface area contributed by atoms with Gasteiger partial charge < -0.3 is 15.6 Å². The predicted octanol–water partition coefficient (Wildman–Crippen LogP) is 4.30. The molecule has 26 heavy (non-hydrogen) atoms. The minimum absolute atomic E-state index is 0. The number of nitrogens with two attached hydrogens (primary N) is 1. The molecule has 0 aliphatic rings. The number of non-ortho nitro benzene ring substituents is 1. The van der Waals surface area contributed by atoms with Crippen LogP contribution in [0.15, 0.2) is 54.6 Å². The van der Waals surface area contributed by atoms with Gasteiger partial charge in [0.05, 0.1) is 4.92 Å². The van der Waals surface area contributed by atoms with Gasteiger partial charge in [0, 0.05) is 12.1 Å². The lowest BCUT2D eigenvalue weighted by atomic mass is 9.92. The Morgan fingerprint density at radius 1 is 1.15 bits per heavy atom. The van der Waals surface area contributed by atoms with Gasteiger partial charge >= 0.3 is 0 Å². The molecule has 1 unspecified atom stereocenters. The van der Waals surface area contributed by atoms with Crippen molar-refractivity contribution in [3.05, 3.63) is 70.3 Å². The average molecular weight is 383 g/mol. The lowest BCUT2D eigenvalue weighted by Crippen LogP contribution is -2.25. The van der Waals surface area contributed by atoms with Crippen LogP contribution in [0.1, 0.15) is 32.8 Å². The summed E-state index contributed by atoms with van der Waals surface area (Å²) in [6, 6.07) is 15.8. The number of rotatable bonds is 5. The molecule has 0 amide bonds. The molecule has 0 saturated carbocycles. The van der Waals surface area contributed by atoms with Crippen molar-refractivity contribution in [2.45, 2.75) is 40.0 Å². The van der Waals surface area contributed by atoms with Crippen LogP contribution in [0.5, 0.6) is 5.75 Å². The van der Waals surface area contributed by atoms with Gasteiger partial charge in [-0.3, -0.25) is 10.1 Å². The third kappa shape index (κ3) is 10.7. The number of halogens is 1. The molecular formula is C19H27ClN2O4. The SMILES string of the molecule is CC(C)(C)CC(N)O.Cl.O=[N+]([O-])c1cccc(COc2ccccc2)c1. The predicted molar refractivity (Wildman–Crippen MR) is 105 cm³/mol. The van der Waals surface area contributed by atoms with Gasteiger partial charge in [-0.05, 0) is 29.5 Å². The summed E-state index contributed by atoms with van der Waals surface area (Å²) in [6.07, 6.45) is 0.00231. The second-order valence-corrected chi connectivity index (χ2v) is 6.86. The monoisotopic (exact) mass is 382 g/mol. The maximum absolute atomic E-state index is 10.6. The van der Waals surface area contributed by atoms with E-state index in [1.54, 1.807) is 12.1 Å². The Kier molecular flexibility index (Phi) is 10.5. The van der Waals surface area contributed by atoms with Gasteiger partial charge in [0.1, 0.15) is 18.6 Å². The highest BCUT2D eigenvalue weighted by Crippen LogP contribution is 2.18. The van der Waals surface area contributed by atoms with Crippen LogP contribution in [0.3, 0.4) is 0 Å². The van der Waals surface area contributed by atoms with Gasteiger partial charge in [0.2, 0.25) is 0 Å². The first-order valence-electron chi connectivity index (χ1n) is 8.02. The van der Waals surface area contributed by atoms with Crippen molar-refractivity contribution in [2.24, 2.45) is 11.1 Å². The molecule has 0 aliphatic heterocycles. The summed E-state index contributed by atoms with van der Waals surface area (Å²) in [5, 5.41) is 19.3. The van der Waals surface area contributed by atoms with Crippen LogP contribution in [0.2, 0.25) is 0 Å². The Morgan fingerprint density at radius 3 is 2.23 bits per heavy atom. The van der Waals surface area contributed by atoms with E-state index < -0.39 is 11.2 Å². The number of hydrogen-bond acceptors (Lipinski definition) is 5. The Balaban J connectivity index is 0.000000597. The molecule has 2 rings (SSSR count). The lowest BCUT2D eigenvalue weighted by Gasteiger charge is -2.19. The highest BCUT2D eigenvalue weighted by Gasteiger charge is 2.12. The third-order valence-corrected chi connectivity index (χ3v) is 3.09. The summed E-state index contributed by atoms with van der Waals surface area (Å²) in [6.45, 7) is 6.46. The van der Waals surface area contributed by atoms with Gasteiger partial charge in [-0.15, -0.1) is 12.4 Å². The highest BCUT2D eigenvalue weighted by atomic mass is 35.5. The largest absolute Gasteiger partial charge is 0.489 e. The summed E-state index contributed by atoms with van der Waals surface area (Å²) in [5.41, 5.74) is 6.14. The first kappa shape index (κ1) is 23.9. The molecule has 1 atom stereocenters. The minimum Gasteiger partial charge on any atom is -0.489 e. The van der Waals surface area contributed by atoms with Crippen molar-refractivity contribution in [3.8, 4) is 5.75 Å². The van der Waals surface area contributed by atoms with Crippen LogP contribution in [0, 0.1) is 15.5 Å². The molecule has 2 aromatic carbocycles. The van der Waals surface area contributed by atoms with Gasteiger partial charge in [-0.25, -0.2) is 0 Å². The number of aliphatic hydroxyl groups excluding tert-OH is 1. The number of hydrogen-bond donors (Lipinski definition) is 2. The van der Waals surface area contributed by atoms with Crippen molar-refractivity contribution in [3.63, 3.8) is 0 Å². The summed E-state index contributed by atoms with van der Waals surface area (Å²) < 4.78 is 5.50. The molecule has 0 spiro atoms. The first-order valence-corrected chi connectivity index (χ1v) is 8.02. The second-order valence-electron chi connectivity index (χ2n) is 6.86. The van der Waals surface area contributed by atoms with Crippen molar-refractivity contribution >= 4 is 18.1 Å². The summed E-state index contributed by atoms with van der Waals surface area (Å²) in [4.78, 5) is 10.2. The molecule has 0 aliphatic carbocycles. The van der Waals surface area contributed by atoms with Crippen LogP contribution in [-0.2, 0) is 6.61 Å². The normalized spacial score (nSPS) is 11.4. The zero-order valence-electron chi connectivity index (χ0n) is 15.3. The molecule has 0 fully saturated rings. The molecule has 0 heterocycles. The number of nitro benzene ring substituents is 1. The number of aliphatic hydroxyl groups is 1. The topological polar surface area (TPSA) is 98.6 Å². The quantitative estimate of drug-likeness (QED) is 0.456. The number of nitrogens with zero attached hydrogens (tertiary/aromatic N) is 1. The molecule has 144 valence electrons. The van der Waals surface area contributed by atoms with Crippen molar-refractivity contribution in [1.82, 2.24) is 0 Å². The molecule has 3 N–H and O–H groups in total. The molecular weight excluding hydrogens is 356 g/mol. The van der Waals surface area contributed by atoms with Crippen LogP contribution in [-0.4, -0.2) is 16.3 Å². The summed E-state index contributed by atoms with van der Waals surface area (Å²) in [7, 11) is 0. The Morgan fingerprint density at radius 2 is 1.77 bits per heavy atom. The fraction of sp³-hybridized carbons (Fsp3) is 0.368. The first-order chi connectivity index (χ1) is 11.7. The van der Waals surface area contributed by atoms with Crippen LogP contribution in [0.4, 0.5) is 5.69 Å². The standard InChI is InChI=1S/C13H11NO3.C6H15NO.ClH/c15-14(16)12-6-4-5-11(9-12)10-17-13-7-2-1-3-8-13;1-6(2,3)4-5(7)8;/h1-9H,10H2;5,8H,4,7H2,1-3H3;1H. The Hall–Kier alpha value is -2.15. The van der Waals surface area contributed by atoms with E-state index in [9.17, 15) is 10.1 Å². The van der Waals surface area contributed by atoms with Gasteiger partial charge in [0.25, 0.3) is 5.69 Å². The van der Waals surface area contributed by atoms with Gasteiger partial charge in [-0.2, -0.15) is 0 Å². The third-order valence-electron chi connectivity index (χ3n) is 3.09. The molecule has 6 nitrogen and oxygen atoms in total. The second kappa shape index (κ2) is 11.5. The van der Waals surface area contributed by atoms with E-state index in [1.165, 1.54) is 12.1 Å². The Bertz CT molecular complexity index is 658. The van der Waals surface area contributed by atoms with Crippen molar-refractivity contribution < 1.29 is 14.8 Å². The van der Waals surface area contributed by atoms with E-state index in [4.69, 9.17) is 15.6 Å². The van der Waals surface area contributed by atoms with Crippen LogP contribution in [0.25, 0.3) is 0 Å². The summed E-state index contributed by atoms with van der Waals surface area (Å²) in [5.74, 6) is 0.749. The van der Waals surface area contributed by atoms with Crippen LogP contribution < -0.4 is 10.5 Å². The zero-order chi connectivity index (χ0) is 18.9. The minimum atomic E-state index is -0.657. The fourth-order valence-corrected chi connectivity index (χ4v) is 2.07.